The van der Waals surface area contributed by atoms with E-state index in [1.54, 1.807) is 12.3 Å². The lowest BCUT2D eigenvalue weighted by atomic mass is 9.96. The van der Waals surface area contributed by atoms with Crippen molar-refractivity contribution in [2.45, 2.75) is 64.0 Å². The van der Waals surface area contributed by atoms with Crippen LogP contribution in [-0.4, -0.2) is 34.8 Å². The Morgan fingerprint density at radius 2 is 1.80 bits per heavy atom. The van der Waals surface area contributed by atoms with Gasteiger partial charge in [-0.25, -0.2) is 4.68 Å². The summed E-state index contributed by atoms with van der Waals surface area (Å²) in [5.41, 5.74) is 1.76. The number of nitrogens with one attached hydrogen (secondary N) is 1. The molecule has 30 heavy (non-hydrogen) atoms. The summed E-state index contributed by atoms with van der Waals surface area (Å²) in [7, 11) is 0. The second-order valence-electron chi connectivity index (χ2n) is 8.68. The molecule has 1 N–H and O–H groups in total. The lowest BCUT2D eigenvalue weighted by Gasteiger charge is -2.34. The number of carbonyl (C=O) groups is 1. The maximum Gasteiger partial charge on any atom is 0.269 e. The van der Waals surface area contributed by atoms with Crippen LogP contribution in [0, 0.1) is 5.92 Å². The highest BCUT2D eigenvalue weighted by atomic mass is 16.2. The molecule has 2 aliphatic rings. The minimum atomic E-state index is -0.110. The van der Waals surface area contributed by atoms with Crippen molar-refractivity contribution in [1.82, 2.24) is 15.1 Å². The summed E-state index contributed by atoms with van der Waals surface area (Å²) in [6, 6.07) is 11.8. The van der Waals surface area contributed by atoms with Crippen molar-refractivity contribution in [2.75, 3.05) is 18.0 Å². The van der Waals surface area contributed by atoms with E-state index in [0.29, 0.717) is 19.1 Å². The molecule has 0 unspecified atom stereocenters. The molecule has 2 fully saturated rings. The Hall–Kier alpha value is -2.63. The molecule has 1 aromatic carbocycles. The zero-order chi connectivity index (χ0) is 20.8. The van der Waals surface area contributed by atoms with Gasteiger partial charge in [-0.2, -0.15) is 5.10 Å². The molecule has 160 valence electrons. The van der Waals surface area contributed by atoms with Crippen molar-refractivity contribution >= 4 is 11.6 Å². The first-order valence-corrected chi connectivity index (χ1v) is 11.4. The Balaban J connectivity index is 1.38. The Labute approximate surface area is 178 Å². The number of amides is 1. The van der Waals surface area contributed by atoms with Gasteiger partial charge in [0, 0.05) is 25.2 Å². The fourth-order valence-corrected chi connectivity index (χ4v) is 4.64. The van der Waals surface area contributed by atoms with E-state index in [4.69, 9.17) is 0 Å². The number of nitrogens with zero attached hydrogens (tertiary/aromatic N) is 3. The minimum Gasteiger partial charge on any atom is -0.369 e. The van der Waals surface area contributed by atoms with Crippen molar-refractivity contribution in [2.24, 2.45) is 5.92 Å². The number of aromatic nitrogens is 2. The van der Waals surface area contributed by atoms with Crippen LogP contribution in [0.2, 0.25) is 0 Å². The topological polar surface area (TPSA) is 67.2 Å². The van der Waals surface area contributed by atoms with Crippen molar-refractivity contribution in [3.8, 4) is 0 Å². The summed E-state index contributed by atoms with van der Waals surface area (Å²) in [4.78, 5) is 27.6. The lowest BCUT2D eigenvalue weighted by Crippen LogP contribution is -2.46. The standard InChI is InChI=1S/C24H32N4O2/c29-23-15-22(16-25-28(23)17-19-9-4-3-5-10-19)27-14-8-11-20(18-27)24(30)26-21-12-6-1-2-7-13-21/h3-5,9-10,15-16,20-21H,1-2,6-8,11-14,17-18H2,(H,26,30)/t20-/m0/s1. The number of hydrogen-bond acceptors (Lipinski definition) is 4. The van der Waals surface area contributed by atoms with Crippen LogP contribution in [0.4, 0.5) is 5.69 Å². The first-order chi connectivity index (χ1) is 14.7. The van der Waals surface area contributed by atoms with Gasteiger partial charge in [0.05, 0.1) is 24.3 Å². The highest BCUT2D eigenvalue weighted by Crippen LogP contribution is 2.23. The maximum atomic E-state index is 12.9. The molecular weight excluding hydrogens is 376 g/mol. The summed E-state index contributed by atoms with van der Waals surface area (Å²) < 4.78 is 1.49. The number of benzene rings is 1. The first kappa shape index (κ1) is 20.6. The van der Waals surface area contributed by atoms with E-state index in [9.17, 15) is 9.59 Å². The molecule has 6 nitrogen and oxygen atoms in total. The molecule has 1 saturated carbocycles. The Kier molecular flexibility index (Phi) is 6.82. The van der Waals surface area contributed by atoms with E-state index in [0.717, 1.165) is 43.5 Å². The van der Waals surface area contributed by atoms with Crippen LogP contribution < -0.4 is 15.8 Å². The monoisotopic (exact) mass is 408 g/mol. The Morgan fingerprint density at radius 3 is 2.53 bits per heavy atom. The summed E-state index contributed by atoms with van der Waals surface area (Å²) in [5.74, 6) is 0.158. The van der Waals surface area contributed by atoms with Gasteiger partial charge >= 0.3 is 0 Å². The summed E-state index contributed by atoms with van der Waals surface area (Å²) in [6.45, 7) is 1.98. The number of anilines is 1. The van der Waals surface area contributed by atoms with E-state index >= 15 is 0 Å². The predicted octanol–water partition coefficient (Wildman–Crippen LogP) is 3.35. The van der Waals surface area contributed by atoms with Gasteiger partial charge in [-0.1, -0.05) is 56.0 Å². The molecule has 0 spiro atoms. The maximum absolute atomic E-state index is 12.9. The Morgan fingerprint density at radius 1 is 1.03 bits per heavy atom. The summed E-state index contributed by atoms with van der Waals surface area (Å²) >= 11 is 0. The average molecular weight is 409 g/mol. The molecule has 0 bridgehead atoms. The Bertz CT molecular complexity index is 888. The molecule has 1 saturated heterocycles. The molecule has 0 radical (unpaired) electrons. The fourth-order valence-electron chi connectivity index (χ4n) is 4.64. The molecule has 1 aliphatic heterocycles. The van der Waals surface area contributed by atoms with Gasteiger partial charge < -0.3 is 10.2 Å². The van der Waals surface area contributed by atoms with Crippen LogP contribution in [0.1, 0.15) is 56.9 Å². The minimum absolute atomic E-state index is 0.0197. The SMILES string of the molecule is O=C(NC1CCCCCC1)[C@H]1CCCN(c2cnn(Cc3ccccc3)c(=O)c2)C1. The zero-order valence-electron chi connectivity index (χ0n) is 17.6. The molecule has 2 aromatic rings. The van der Waals surface area contributed by atoms with E-state index in [1.807, 2.05) is 30.3 Å². The molecule has 1 amide bonds. The van der Waals surface area contributed by atoms with Crippen LogP contribution in [-0.2, 0) is 11.3 Å². The molecule has 6 heteroatoms. The highest BCUT2D eigenvalue weighted by Gasteiger charge is 2.28. The van der Waals surface area contributed by atoms with Gasteiger partial charge in [0.2, 0.25) is 5.91 Å². The van der Waals surface area contributed by atoms with Crippen LogP contribution in [0.5, 0.6) is 0 Å². The predicted molar refractivity (Wildman–Crippen MR) is 119 cm³/mol. The van der Waals surface area contributed by atoms with Gasteiger partial charge in [0.25, 0.3) is 5.56 Å². The van der Waals surface area contributed by atoms with Gasteiger partial charge in [0.15, 0.2) is 0 Å². The molecule has 4 rings (SSSR count). The summed E-state index contributed by atoms with van der Waals surface area (Å²) in [6.07, 6.45) is 10.8. The zero-order valence-corrected chi connectivity index (χ0v) is 17.6. The third-order valence-corrected chi connectivity index (χ3v) is 6.39. The normalized spacial score (nSPS) is 20.5. The number of rotatable bonds is 5. The van der Waals surface area contributed by atoms with Crippen molar-refractivity contribution in [1.29, 1.82) is 0 Å². The second-order valence-corrected chi connectivity index (χ2v) is 8.68. The fraction of sp³-hybridized carbons (Fsp3) is 0.542. The van der Waals surface area contributed by atoms with Gasteiger partial charge in [-0.15, -0.1) is 0 Å². The third-order valence-electron chi connectivity index (χ3n) is 6.39. The lowest BCUT2D eigenvalue weighted by molar-refractivity contribution is -0.126. The number of hydrogen-bond donors (Lipinski definition) is 1. The van der Waals surface area contributed by atoms with Crippen LogP contribution in [0.25, 0.3) is 0 Å². The molecular formula is C24H32N4O2. The highest BCUT2D eigenvalue weighted by molar-refractivity contribution is 5.80. The van der Waals surface area contributed by atoms with Gasteiger partial charge in [-0.05, 0) is 31.2 Å². The van der Waals surface area contributed by atoms with E-state index in [-0.39, 0.29) is 17.4 Å². The average Bonchev–Trinajstić information content (AvgIpc) is 3.04. The van der Waals surface area contributed by atoms with Crippen molar-refractivity contribution in [3.05, 3.63) is 58.5 Å². The third kappa shape index (κ3) is 5.29. The van der Waals surface area contributed by atoms with Crippen LogP contribution in [0.3, 0.4) is 0 Å². The molecule has 2 heterocycles. The van der Waals surface area contributed by atoms with E-state index < -0.39 is 0 Å². The first-order valence-electron chi connectivity index (χ1n) is 11.4. The largest absolute Gasteiger partial charge is 0.369 e. The smallest absolute Gasteiger partial charge is 0.269 e. The van der Waals surface area contributed by atoms with E-state index in [2.05, 4.69) is 15.3 Å². The second kappa shape index (κ2) is 9.92. The summed E-state index contributed by atoms with van der Waals surface area (Å²) in [5, 5.41) is 7.69. The quantitative estimate of drug-likeness (QED) is 0.771. The number of carbonyl (C=O) groups excluding carboxylic acids is 1. The molecule has 1 atom stereocenters. The molecule has 1 aromatic heterocycles. The number of piperidine rings is 1. The van der Waals surface area contributed by atoms with Gasteiger partial charge in [-0.3, -0.25) is 9.59 Å². The van der Waals surface area contributed by atoms with Crippen molar-refractivity contribution in [3.63, 3.8) is 0 Å². The van der Waals surface area contributed by atoms with Gasteiger partial charge in [0.1, 0.15) is 0 Å². The van der Waals surface area contributed by atoms with Crippen molar-refractivity contribution < 1.29 is 4.79 Å². The van der Waals surface area contributed by atoms with E-state index in [1.165, 1.54) is 30.4 Å². The van der Waals surface area contributed by atoms with Crippen LogP contribution >= 0.6 is 0 Å². The molecule has 1 aliphatic carbocycles. The van der Waals surface area contributed by atoms with Crippen LogP contribution in [0.15, 0.2) is 47.4 Å².